The number of nitrogens with zero attached hydrogens (tertiary/aromatic N) is 1. The molecular weight excluding hydrogens is 322 g/mol. The van der Waals surface area contributed by atoms with Crippen LogP contribution in [0, 0.1) is 0 Å². The molecule has 1 saturated heterocycles. The zero-order valence-electron chi connectivity index (χ0n) is 15.8. The number of benzene rings is 2. The second kappa shape index (κ2) is 9.75. The van der Waals surface area contributed by atoms with Crippen LogP contribution in [-0.2, 0) is 0 Å². The molecule has 1 N–H and O–H groups in total. The molecule has 2 aromatic rings. The summed E-state index contributed by atoms with van der Waals surface area (Å²) in [5.74, 6) is 0.951. The van der Waals surface area contributed by atoms with E-state index in [0.29, 0.717) is 0 Å². The summed E-state index contributed by atoms with van der Waals surface area (Å²) >= 11 is 0. The van der Waals surface area contributed by atoms with Gasteiger partial charge in [-0.15, -0.1) is 0 Å². The standard InChI is InChI=1S/C23H31NO2/c1-2-17-26-21-13-11-20(12-14-21)23(25)22(19-9-5-3-6-10-19)18-24-15-7-4-8-16-24/h3,5-6,9-14,22-23,25H,2,4,7-8,15-18H2,1H3/t22-,23-/m0/s1. The van der Waals surface area contributed by atoms with Gasteiger partial charge in [0, 0.05) is 12.5 Å². The Kier molecular flexibility index (Phi) is 7.10. The van der Waals surface area contributed by atoms with Crippen molar-refractivity contribution in [1.29, 1.82) is 0 Å². The van der Waals surface area contributed by atoms with Crippen molar-refractivity contribution in [3.8, 4) is 5.75 Å². The molecule has 0 bridgehead atoms. The molecule has 26 heavy (non-hydrogen) atoms. The summed E-state index contributed by atoms with van der Waals surface area (Å²) in [6.07, 6.45) is 4.34. The number of likely N-dealkylation sites (tertiary alicyclic amines) is 1. The summed E-state index contributed by atoms with van der Waals surface area (Å²) in [5, 5.41) is 11.2. The van der Waals surface area contributed by atoms with E-state index in [-0.39, 0.29) is 5.92 Å². The van der Waals surface area contributed by atoms with Gasteiger partial charge in [-0.1, -0.05) is 55.8 Å². The van der Waals surface area contributed by atoms with E-state index in [2.05, 4.69) is 36.1 Å². The van der Waals surface area contributed by atoms with E-state index in [1.165, 1.54) is 24.8 Å². The number of ether oxygens (including phenoxy) is 1. The van der Waals surface area contributed by atoms with Crippen LogP contribution < -0.4 is 4.74 Å². The topological polar surface area (TPSA) is 32.7 Å². The summed E-state index contributed by atoms with van der Waals surface area (Å²) in [4.78, 5) is 2.50. The highest BCUT2D eigenvalue weighted by Gasteiger charge is 2.26. The highest BCUT2D eigenvalue weighted by molar-refractivity contribution is 5.32. The van der Waals surface area contributed by atoms with E-state index in [1.54, 1.807) is 0 Å². The molecular formula is C23H31NO2. The Morgan fingerprint density at radius 2 is 1.62 bits per heavy atom. The van der Waals surface area contributed by atoms with Gasteiger partial charge in [0.15, 0.2) is 0 Å². The van der Waals surface area contributed by atoms with E-state index in [0.717, 1.165) is 44.0 Å². The molecule has 0 radical (unpaired) electrons. The van der Waals surface area contributed by atoms with E-state index in [4.69, 9.17) is 4.74 Å². The third-order valence-electron chi connectivity index (χ3n) is 5.21. The quantitative estimate of drug-likeness (QED) is 0.741. The molecule has 0 aliphatic carbocycles. The summed E-state index contributed by atoms with van der Waals surface area (Å²) in [5.41, 5.74) is 2.16. The highest BCUT2D eigenvalue weighted by Crippen LogP contribution is 2.33. The predicted molar refractivity (Wildman–Crippen MR) is 107 cm³/mol. The number of hydrogen-bond donors (Lipinski definition) is 1. The normalized spacial score (nSPS) is 17.6. The predicted octanol–water partition coefficient (Wildman–Crippen LogP) is 4.78. The monoisotopic (exact) mass is 353 g/mol. The van der Waals surface area contributed by atoms with Crippen molar-refractivity contribution < 1.29 is 9.84 Å². The van der Waals surface area contributed by atoms with Gasteiger partial charge < -0.3 is 14.7 Å². The third-order valence-corrected chi connectivity index (χ3v) is 5.21. The van der Waals surface area contributed by atoms with Crippen molar-refractivity contribution in [2.24, 2.45) is 0 Å². The van der Waals surface area contributed by atoms with Crippen LogP contribution in [0.5, 0.6) is 5.75 Å². The van der Waals surface area contributed by atoms with Crippen LogP contribution in [0.3, 0.4) is 0 Å². The molecule has 3 rings (SSSR count). The van der Waals surface area contributed by atoms with Crippen molar-refractivity contribution in [3.05, 3.63) is 65.7 Å². The van der Waals surface area contributed by atoms with Crippen LogP contribution in [0.1, 0.15) is 55.8 Å². The highest BCUT2D eigenvalue weighted by atomic mass is 16.5. The molecule has 3 nitrogen and oxygen atoms in total. The lowest BCUT2D eigenvalue weighted by atomic mass is 9.88. The Hall–Kier alpha value is -1.84. The number of rotatable bonds is 8. The lowest BCUT2D eigenvalue weighted by molar-refractivity contribution is 0.109. The molecule has 0 amide bonds. The minimum atomic E-state index is -0.514. The molecule has 140 valence electrons. The summed E-state index contributed by atoms with van der Waals surface area (Å²) in [6, 6.07) is 18.4. The maximum Gasteiger partial charge on any atom is 0.119 e. The van der Waals surface area contributed by atoms with E-state index in [9.17, 15) is 5.11 Å². The van der Waals surface area contributed by atoms with Gasteiger partial charge in [0.25, 0.3) is 0 Å². The van der Waals surface area contributed by atoms with Crippen LogP contribution in [0.2, 0.25) is 0 Å². The first-order chi connectivity index (χ1) is 12.8. The zero-order chi connectivity index (χ0) is 18.2. The summed E-state index contributed by atoms with van der Waals surface area (Å²) < 4.78 is 5.67. The van der Waals surface area contributed by atoms with Gasteiger partial charge in [-0.25, -0.2) is 0 Å². The Morgan fingerprint density at radius 3 is 2.27 bits per heavy atom. The first-order valence-corrected chi connectivity index (χ1v) is 9.96. The van der Waals surface area contributed by atoms with E-state index < -0.39 is 6.10 Å². The minimum absolute atomic E-state index is 0.0803. The third kappa shape index (κ3) is 5.09. The van der Waals surface area contributed by atoms with E-state index >= 15 is 0 Å². The average Bonchev–Trinajstić information content (AvgIpc) is 2.72. The smallest absolute Gasteiger partial charge is 0.119 e. The van der Waals surface area contributed by atoms with Crippen molar-refractivity contribution in [1.82, 2.24) is 4.90 Å². The molecule has 2 atom stereocenters. The van der Waals surface area contributed by atoms with Gasteiger partial charge in [-0.2, -0.15) is 0 Å². The Bertz CT molecular complexity index is 635. The largest absolute Gasteiger partial charge is 0.494 e. The first-order valence-electron chi connectivity index (χ1n) is 9.96. The van der Waals surface area contributed by atoms with Crippen LogP contribution in [0.25, 0.3) is 0 Å². The molecule has 3 heteroatoms. The van der Waals surface area contributed by atoms with Gasteiger partial charge in [0.05, 0.1) is 12.7 Å². The lowest BCUT2D eigenvalue weighted by Gasteiger charge is -2.33. The molecule has 1 fully saturated rings. The van der Waals surface area contributed by atoms with Gasteiger partial charge in [-0.3, -0.25) is 0 Å². The molecule has 0 saturated carbocycles. The number of piperidine rings is 1. The Labute approximate surface area is 157 Å². The molecule has 0 unspecified atom stereocenters. The van der Waals surface area contributed by atoms with E-state index in [1.807, 2.05) is 30.3 Å². The van der Waals surface area contributed by atoms with Crippen molar-refractivity contribution in [3.63, 3.8) is 0 Å². The van der Waals surface area contributed by atoms with Crippen LogP contribution >= 0.6 is 0 Å². The fourth-order valence-corrected chi connectivity index (χ4v) is 3.72. The SMILES string of the molecule is CCCOc1ccc([C@H](O)[C@@H](CN2CCCCC2)c2ccccc2)cc1. The molecule has 1 aliphatic heterocycles. The van der Waals surface area contributed by atoms with Gasteiger partial charge in [-0.05, 0) is 55.6 Å². The average molecular weight is 354 g/mol. The summed E-state index contributed by atoms with van der Waals surface area (Å²) in [6.45, 7) is 6.01. The summed E-state index contributed by atoms with van der Waals surface area (Å²) in [7, 11) is 0. The molecule has 0 aromatic heterocycles. The van der Waals surface area contributed by atoms with Crippen molar-refractivity contribution >= 4 is 0 Å². The Morgan fingerprint density at radius 1 is 0.923 bits per heavy atom. The van der Waals surface area contributed by atoms with Gasteiger partial charge >= 0.3 is 0 Å². The minimum Gasteiger partial charge on any atom is -0.494 e. The lowest BCUT2D eigenvalue weighted by Crippen LogP contribution is -2.35. The second-order valence-electron chi connectivity index (χ2n) is 7.24. The molecule has 1 aliphatic rings. The molecule has 0 spiro atoms. The van der Waals surface area contributed by atoms with Gasteiger partial charge in [0.1, 0.15) is 5.75 Å². The van der Waals surface area contributed by atoms with Crippen LogP contribution in [0.15, 0.2) is 54.6 Å². The Balaban J connectivity index is 1.76. The zero-order valence-corrected chi connectivity index (χ0v) is 15.8. The number of aliphatic hydroxyl groups is 1. The second-order valence-corrected chi connectivity index (χ2v) is 7.24. The number of hydrogen-bond acceptors (Lipinski definition) is 3. The van der Waals surface area contributed by atoms with Crippen molar-refractivity contribution in [2.45, 2.75) is 44.6 Å². The van der Waals surface area contributed by atoms with Crippen molar-refractivity contribution in [2.75, 3.05) is 26.2 Å². The van der Waals surface area contributed by atoms with Crippen LogP contribution in [0.4, 0.5) is 0 Å². The fourth-order valence-electron chi connectivity index (χ4n) is 3.72. The maximum absolute atomic E-state index is 11.2. The molecule has 2 aromatic carbocycles. The first kappa shape index (κ1) is 18.9. The van der Waals surface area contributed by atoms with Crippen LogP contribution in [-0.4, -0.2) is 36.2 Å². The fraction of sp³-hybridized carbons (Fsp3) is 0.478. The van der Waals surface area contributed by atoms with Gasteiger partial charge in [0.2, 0.25) is 0 Å². The molecule has 1 heterocycles. The maximum atomic E-state index is 11.2. The number of aliphatic hydroxyl groups excluding tert-OH is 1.